The Bertz CT molecular complexity index is 578. The maximum atomic E-state index is 12.6. The van der Waals surface area contributed by atoms with Crippen LogP contribution in [0.2, 0.25) is 0 Å². The van der Waals surface area contributed by atoms with Crippen LogP contribution in [-0.4, -0.2) is 45.2 Å². The first-order valence-corrected chi connectivity index (χ1v) is 7.66. The van der Waals surface area contributed by atoms with Gasteiger partial charge in [0, 0.05) is 37.9 Å². The molecule has 3 heterocycles. The second kappa shape index (κ2) is 7.17. The molecule has 0 aliphatic carbocycles. The van der Waals surface area contributed by atoms with Gasteiger partial charge in [-0.25, -0.2) is 0 Å². The molecule has 1 fully saturated rings. The molecule has 1 aliphatic heterocycles. The minimum absolute atomic E-state index is 0.0967. The Labute approximate surface area is 130 Å². The maximum absolute atomic E-state index is 12.6. The molecule has 0 spiro atoms. The molecule has 6 heteroatoms. The molecule has 0 radical (unpaired) electrons. The molecule has 116 valence electrons. The summed E-state index contributed by atoms with van der Waals surface area (Å²) in [6.45, 7) is 3.69. The molecule has 1 N–H and O–H groups in total. The number of aromatic nitrogens is 3. The van der Waals surface area contributed by atoms with E-state index in [1.54, 1.807) is 17.1 Å². The number of amides is 1. The summed E-state index contributed by atoms with van der Waals surface area (Å²) in [6.07, 6.45) is 8.21. The van der Waals surface area contributed by atoms with Crippen LogP contribution in [0.5, 0.6) is 0 Å². The fraction of sp³-hybridized carbons (Fsp3) is 0.438. The number of rotatable bonds is 6. The van der Waals surface area contributed by atoms with Crippen molar-refractivity contribution >= 4 is 5.91 Å². The summed E-state index contributed by atoms with van der Waals surface area (Å²) >= 11 is 0. The first-order valence-electron chi connectivity index (χ1n) is 7.66. The van der Waals surface area contributed by atoms with Crippen molar-refractivity contribution in [2.75, 3.05) is 19.6 Å². The van der Waals surface area contributed by atoms with Crippen LogP contribution in [0, 0.1) is 5.92 Å². The quantitative estimate of drug-likeness (QED) is 0.861. The highest BCUT2D eigenvalue weighted by atomic mass is 16.2. The van der Waals surface area contributed by atoms with Crippen molar-refractivity contribution in [1.29, 1.82) is 0 Å². The fourth-order valence-electron chi connectivity index (χ4n) is 2.78. The number of carbonyl (C=O) groups excluding carboxylic acids is 1. The molecule has 22 heavy (non-hydrogen) atoms. The molecular weight excluding hydrogens is 278 g/mol. The van der Waals surface area contributed by atoms with E-state index in [1.165, 1.54) is 0 Å². The SMILES string of the molecule is O=C(Cn1cccn1)N(Cc1cccnc1)C[C@H]1CCNC1. The highest BCUT2D eigenvalue weighted by molar-refractivity contribution is 5.75. The lowest BCUT2D eigenvalue weighted by Crippen LogP contribution is -2.37. The topological polar surface area (TPSA) is 63.1 Å². The van der Waals surface area contributed by atoms with Crippen LogP contribution >= 0.6 is 0 Å². The normalized spacial score (nSPS) is 17.5. The molecule has 2 aromatic rings. The van der Waals surface area contributed by atoms with Gasteiger partial charge >= 0.3 is 0 Å². The van der Waals surface area contributed by atoms with Gasteiger partial charge in [0.15, 0.2) is 0 Å². The zero-order chi connectivity index (χ0) is 15.2. The van der Waals surface area contributed by atoms with Gasteiger partial charge in [0.2, 0.25) is 5.91 Å². The predicted molar refractivity (Wildman–Crippen MR) is 82.9 cm³/mol. The molecular formula is C16H21N5O. The monoisotopic (exact) mass is 299 g/mol. The molecule has 6 nitrogen and oxygen atoms in total. The second-order valence-corrected chi connectivity index (χ2v) is 5.70. The first kappa shape index (κ1) is 14.7. The molecule has 0 saturated carbocycles. The number of nitrogens with one attached hydrogen (secondary N) is 1. The van der Waals surface area contributed by atoms with Crippen LogP contribution in [0.15, 0.2) is 43.0 Å². The van der Waals surface area contributed by atoms with Crippen molar-refractivity contribution < 1.29 is 4.79 Å². The van der Waals surface area contributed by atoms with Crippen molar-refractivity contribution in [3.63, 3.8) is 0 Å². The van der Waals surface area contributed by atoms with E-state index in [-0.39, 0.29) is 12.5 Å². The average molecular weight is 299 g/mol. The number of nitrogens with zero attached hydrogens (tertiary/aromatic N) is 4. The van der Waals surface area contributed by atoms with Crippen LogP contribution in [0.4, 0.5) is 0 Å². The molecule has 1 amide bonds. The molecule has 0 aromatic carbocycles. The first-order chi connectivity index (χ1) is 10.8. The Balaban J connectivity index is 1.68. The summed E-state index contributed by atoms with van der Waals surface area (Å²) in [4.78, 5) is 18.7. The highest BCUT2D eigenvalue weighted by Crippen LogP contribution is 2.13. The van der Waals surface area contributed by atoms with Gasteiger partial charge < -0.3 is 10.2 Å². The fourth-order valence-corrected chi connectivity index (χ4v) is 2.78. The molecule has 2 aromatic heterocycles. The molecule has 0 bridgehead atoms. The molecule has 3 rings (SSSR count). The highest BCUT2D eigenvalue weighted by Gasteiger charge is 2.22. The summed E-state index contributed by atoms with van der Waals surface area (Å²) in [6, 6.07) is 5.75. The summed E-state index contributed by atoms with van der Waals surface area (Å²) in [5.41, 5.74) is 1.06. The van der Waals surface area contributed by atoms with Gasteiger partial charge in [-0.3, -0.25) is 14.5 Å². The summed E-state index contributed by atoms with van der Waals surface area (Å²) in [5.74, 6) is 0.623. The predicted octanol–water partition coefficient (Wildman–Crippen LogP) is 0.916. The van der Waals surface area contributed by atoms with Crippen LogP contribution in [0.3, 0.4) is 0 Å². The van der Waals surface area contributed by atoms with E-state index in [2.05, 4.69) is 15.4 Å². The van der Waals surface area contributed by atoms with E-state index in [4.69, 9.17) is 0 Å². The van der Waals surface area contributed by atoms with Crippen molar-refractivity contribution in [2.45, 2.75) is 19.5 Å². The van der Waals surface area contributed by atoms with Crippen molar-refractivity contribution in [2.24, 2.45) is 5.92 Å². The lowest BCUT2D eigenvalue weighted by molar-refractivity contribution is -0.133. The van der Waals surface area contributed by atoms with Gasteiger partial charge in [0.05, 0.1) is 0 Å². The minimum Gasteiger partial charge on any atom is -0.336 e. The van der Waals surface area contributed by atoms with Crippen LogP contribution in [-0.2, 0) is 17.9 Å². The lowest BCUT2D eigenvalue weighted by atomic mass is 10.1. The van der Waals surface area contributed by atoms with Crippen molar-refractivity contribution in [3.8, 4) is 0 Å². The van der Waals surface area contributed by atoms with Gasteiger partial charge in [-0.1, -0.05) is 6.07 Å². The largest absolute Gasteiger partial charge is 0.336 e. The third kappa shape index (κ3) is 3.92. The second-order valence-electron chi connectivity index (χ2n) is 5.70. The number of hydrogen-bond donors (Lipinski definition) is 1. The third-order valence-corrected chi connectivity index (χ3v) is 3.95. The Kier molecular flexibility index (Phi) is 4.80. The van der Waals surface area contributed by atoms with E-state index < -0.39 is 0 Å². The molecule has 1 saturated heterocycles. The summed E-state index contributed by atoms with van der Waals surface area (Å²) in [7, 11) is 0. The van der Waals surface area contributed by atoms with E-state index in [0.29, 0.717) is 12.5 Å². The van der Waals surface area contributed by atoms with E-state index in [9.17, 15) is 4.79 Å². The molecule has 1 aliphatic rings. The summed E-state index contributed by atoms with van der Waals surface area (Å²) in [5, 5.41) is 7.48. The van der Waals surface area contributed by atoms with Gasteiger partial charge in [0.1, 0.15) is 6.54 Å². The summed E-state index contributed by atoms with van der Waals surface area (Å²) < 4.78 is 1.67. The zero-order valence-corrected chi connectivity index (χ0v) is 12.6. The standard InChI is InChI=1S/C16H21N5O/c22-16(13-21-8-2-6-19-21)20(12-15-4-7-18-10-15)11-14-3-1-5-17-9-14/h1-3,5-6,8-9,15,18H,4,7,10-13H2/t15-/m0/s1. The van der Waals surface area contributed by atoms with Gasteiger partial charge in [-0.05, 0) is 43.1 Å². The van der Waals surface area contributed by atoms with Gasteiger partial charge in [-0.2, -0.15) is 5.10 Å². The van der Waals surface area contributed by atoms with E-state index in [0.717, 1.165) is 31.6 Å². The third-order valence-electron chi connectivity index (χ3n) is 3.95. The maximum Gasteiger partial charge on any atom is 0.244 e. The minimum atomic E-state index is 0.0967. The molecule has 0 unspecified atom stereocenters. The van der Waals surface area contributed by atoms with E-state index in [1.807, 2.05) is 35.5 Å². The van der Waals surface area contributed by atoms with E-state index >= 15 is 0 Å². The zero-order valence-electron chi connectivity index (χ0n) is 12.6. The number of pyridine rings is 1. The number of carbonyl (C=O) groups is 1. The average Bonchev–Trinajstić information content (AvgIpc) is 3.21. The smallest absolute Gasteiger partial charge is 0.244 e. The van der Waals surface area contributed by atoms with Crippen LogP contribution < -0.4 is 5.32 Å². The Hall–Kier alpha value is -2.21. The van der Waals surface area contributed by atoms with Crippen molar-refractivity contribution in [1.82, 2.24) is 25.0 Å². The van der Waals surface area contributed by atoms with Crippen molar-refractivity contribution in [3.05, 3.63) is 48.5 Å². The Morgan fingerprint density at radius 2 is 2.36 bits per heavy atom. The van der Waals surface area contributed by atoms with Crippen LogP contribution in [0.25, 0.3) is 0 Å². The Morgan fingerprint density at radius 1 is 1.41 bits per heavy atom. The molecule has 1 atom stereocenters. The van der Waals surface area contributed by atoms with Crippen LogP contribution in [0.1, 0.15) is 12.0 Å². The van der Waals surface area contributed by atoms with Gasteiger partial charge in [0.25, 0.3) is 0 Å². The lowest BCUT2D eigenvalue weighted by Gasteiger charge is -2.25. The Morgan fingerprint density at radius 3 is 3.05 bits per heavy atom. The number of hydrogen-bond acceptors (Lipinski definition) is 4. The van der Waals surface area contributed by atoms with Gasteiger partial charge in [-0.15, -0.1) is 0 Å².